The molecule has 2 aromatic carbocycles. The Balaban J connectivity index is 1.65. The second-order valence-corrected chi connectivity index (χ2v) is 10.0. The van der Waals surface area contributed by atoms with Gasteiger partial charge in [-0.15, -0.1) is 0 Å². The van der Waals surface area contributed by atoms with Gasteiger partial charge in [0, 0.05) is 65.8 Å². The Hall–Kier alpha value is -3.93. The van der Waals surface area contributed by atoms with Crippen LogP contribution in [0.3, 0.4) is 0 Å². The monoisotopic (exact) mass is 478 g/mol. The van der Waals surface area contributed by atoms with Gasteiger partial charge in [-0.1, -0.05) is 44.2 Å². The van der Waals surface area contributed by atoms with Crippen molar-refractivity contribution < 1.29 is 0 Å². The molecule has 36 heavy (non-hydrogen) atoms. The first-order valence-corrected chi connectivity index (χ1v) is 12.6. The van der Waals surface area contributed by atoms with Gasteiger partial charge in [0.2, 0.25) is 5.95 Å². The number of aliphatic imine (C=N–C) groups is 1. The third kappa shape index (κ3) is 4.39. The summed E-state index contributed by atoms with van der Waals surface area (Å²) in [6, 6.07) is 12.8. The van der Waals surface area contributed by atoms with Crippen molar-refractivity contribution in [2.24, 2.45) is 10.7 Å². The van der Waals surface area contributed by atoms with Crippen molar-refractivity contribution in [3.05, 3.63) is 94.1 Å². The number of aromatic nitrogens is 3. The van der Waals surface area contributed by atoms with Crippen molar-refractivity contribution in [2.45, 2.75) is 47.0 Å². The highest BCUT2D eigenvalue weighted by Crippen LogP contribution is 2.32. The number of aryl methyl sites for hydroxylation is 3. The van der Waals surface area contributed by atoms with E-state index >= 15 is 0 Å². The maximum Gasteiger partial charge on any atom is 0.225 e. The molecule has 5 rings (SSSR count). The number of benzene rings is 2. The van der Waals surface area contributed by atoms with Gasteiger partial charge in [0.15, 0.2) is 0 Å². The molecule has 0 saturated carbocycles. The summed E-state index contributed by atoms with van der Waals surface area (Å²) in [7, 11) is 0. The zero-order chi connectivity index (χ0) is 25.4. The van der Waals surface area contributed by atoms with Gasteiger partial charge in [0.1, 0.15) is 0 Å². The Morgan fingerprint density at radius 1 is 1.00 bits per heavy atom. The van der Waals surface area contributed by atoms with Crippen LogP contribution in [0.5, 0.6) is 0 Å². The average Bonchev–Trinajstić information content (AvgIpc) is 3.36. The number of hydrogen-bond donors (Lipinski definition) is 2. The predicted octanol–water partition coefficient (Wildman–Crippen LogP) is 6.25. The van der Waals surface area contributed by atoms with Crippen LogP contribution in [0.1, 0.15) is 54.0 Å². The van der Waals surface area contributed by atoms with E-state index in [0.717, 1.165) is 74.7 Å². The molecule has 6 heteroatoms. The van der Waals surface area contributed by atoms with E-state index in [0.29, 0.717) is 12.5 Å². The lowest BCUT2D eigenvalue weighted by Gasteiger charge is -2.30. The van der Waals surface area contributed by atoms with Crippen molar-refractivity contribution in [2.75, 3.05) is 18.0 Å². The number of H-pyrrole nitrogens is 1. The third-order valence-electron chi connectivity index (χ3n) is 7.13. The zero-order valence-electron chi connectivity index (χ0n) is 21.8. The quantitative estimate of drug-likeness (QED) is 0.332. The molecular weight excluding hydrogens is 444 g/mol. The molecule has 4 aromatic rings. The van der Waals surface area contributed by atoms with Crippen molar-refractivity contribution in [3.8, 4) is 0 Å². The first-order chi connectivity index (χ1) is 17.3. The number of nitrogens with two attached hydrogens (primary N) is 1. The molecule has 0 fully saturated rings. The van der Waals surface area contributed by atoms with E-state index in [4.69, 9.17) is 10.7 Å². The molecule has 2 aromatic heterocycles. The van der Waals surface area contributed by atoms with Crippen molar-refractivity contribution >= 4 is 28.3 Å². The number of nitrogens with zero attached hydrogens (tertiary/aromatic N) is 4. The highest BCUT2D eigenvalue weighted by Gasteiger charge is 2.26. The lowest BCUT2D eigenvalue weighted by atomic mass is 9.93. The largest absolute Gasteiger partial charge is 0.402 e. The molecule has 3 N–H and O–H groups in total. The van der Waals surface area contributed by atoms with Crippen molar-refractivity contribution in [1.29, 1.82) is 0 Å². The van der Waals surface area contributed by atoms with Gasteiger partial charge in [-0.2, -0.15) is 0 Å². The van der Waals surface area contributed by atoms with E-state index in [2.05, 4.69) is 90.9 Å². The van der Waals surface area contributed by atoms with Crippen LogP contribution in [0.25, 0.3) is 10.9 Å². The number of rotatable bonds is 5. The molecular formula is C30H34N6. The van der Waals surface area contributed by atoms with Crippen LogP contribution in [0, 0.1) is 20.8 Å². The van der Waals surface area contributed by atoms with Gasteiger partial charge >= 0.3 is 0 Å². The Bertz CT molecular complexity index is 1450. The van der Waals surface area contributed by atoms with Gasteiger partial charge in [-0.05, 0) is 55.0 Å². The molecule has 0 spiro atoms. The summed E-state index contributed by atoms with van der Waals surface area (Å²) in [5.41, 5.74) is 17.4. The van der Waals surface area contributed by atoms with E-state index < -0.39 is 0 Å². The minimum absolute atomic E-state index is 0.396. The van der Waals surface area contributed by atoms with Gasteiger partial charge in [-0.3, -0.25) is 0 Å². The topological polar surface area (TPSA) is 83.2 Å². The van der Waals surface area contributed by atoms with E-state index in [1.807, 2.05) is 18.6 Å². The Labute approximate surface area is 213 Å². The Kier molecular flexibility index (Phi) is 6.35. The summed E-state index contributed by atoms with van der Waals surface area (Å²) in [6.07, 6.45) is 6.60. The van der Waals surface area contributed by atoms with Gasteiger partial charge in [0.05, 0.1) is 11.4 Å². The summed E-state index contributed by atoms with van der Waals surface area (Å²) in [4.78, 5) is 20.3. The summed E-state index contributed by atoms with van der Waals surface area (Å²) in [6.45, 7) is 12.0. The smallest absolute Gasteiger partial charge is 0.225 e. The fraction of sp³-hybridized carbons (Fsp3) is 0.300. The lowest BCUT2D eigenvalue weighted by molar-refractivity contribution is 0.737. The third-order valence-corrected chi connectivity index (χ3v) is 7.13. The molecule has 6 nitrogen and oxygen atoms in total. The van der Waals surface area contributed by atoms with Crippen LogP contribution in [-0.4, -0.2) is 33.8 Å². The number of anilines is 1. The average molecular weight is 479 g/mol. The number of fused-ring (bicyclic) bond motifs is 1. The molecule has 3 heterocycles. The van der Waals surface area contributed by atoms with E-state index in [-0.39, 0.29) is 0 Å². The first kappa shape index (κ1) is 23.8. The molecule has 0 bridgehead atoms. The highest BCUT2D eigenvalue weighted by molar-refractivity contribution is 6.21. The lowest BCUT2D eigenvalue weighted by Crippen LogP contribution is -2.37. The minimum atomic E-state index is 0.396. The fourth-order valence-electron chi connectivity index (χ4n) is 4.86. The molecule has 184 valence electrons. The maximum atomic E-state index is 6.72. The van der Waals surface area contributed by atoms with Crippen LogP contribution in [-0.2, 0) is 0 Å². The molecule has 1 aliphatic heterocycles. The summed E-state index contributed by atoms with van der Waals surface area (Å²) in [5, 5.41) is 1.15. The normalized spacial score (nSPS) is 14.8. The number of nitrogens with one attached hydrogen (secondary N) is 1. The van der Waals surface area contributed by atoms with E-state index in [1.54, 1.807) is 0 Å². The molecule has 0 saturated heterocycles. The minimum Gasteiger partial charge on any atom is -0.402 e. The Morgan fingerprint density at radius 3 is 2.42 bits per heavy atom. The molecule has 0 atom stereocenters. The molecule has 0 aliphatic carbocycles. The fourth-order valence-corrected chi connectivity index (χ4v) is 4.86. The molecule has 0 unspecified atom stereocenters. The van der Waals surface area contributed by atoms with Crippen molar-refractivity contribution in [3.63, 3.8) is 0 Å². The standard InChI is InChI=1S/C30H34N6/c1-18(2)22-15-33-30(34-16-22)36-14-12-26(31)25(17-36)29(35-27-19(3)7-6-8-20(27)4)23-10-9-21(5)28-24(23)11-13-32-28/h6-11,13,15-16,18,32H,12,14,17,31H2,1-5H3. The van der Waals surface area contributed by atoms with Crippen LogP contribution >= 0.6 is 0 Å². The van der Waals surface area contributed by atoms with Crippen LogP contribution in [0.4, 0.5) is 11.6 Å². The summed E-state index contributed by atoms with van der Waals surface area (Å²) in [5.74, 6) is 1.12. The second-order valence-electron chi connectivity index (χ2n) is 10.0. The summed E-state index contributed by atoms with van der Waals surface area (Å²) >= 11 is 0. The van der Waals surface area contributed by atoms with Crippen LogP contribution in [0.15, 0.2) is 71.3 Å². The van der Waals surface area contributed by atoms with Gasteiger partial charge < -0.3 is 15.6 Å². The van der Waals surface area contributed by atoms with Gasteiger partial charge in [-0.25, -0.2) is 15.0 Å². The van der Waals surface area contributed by atoms with E-state index in [1.165, 1.54) is 5.56 Å². The predicted molar refractivity (Wildman–Crippen MR) is 149 cm³/mol. The van der Waals surface area contributed by atoms with Gasteiger partial charge in [0.25, 0.3) is 0 Å². The highest BCUT2D eigenvalue weighted by atomic mass is 15.3. The maximum absolute atomic E-state index is 6.72. The number of para-hydroxylation sites is 1. The SMILES string of the molecule is Cc1cccc(C)c1N=C(C1=C(N)CCN(c2ncc(C(C)C)cn2)C1)c1ccc(C)c2[nH]ccc12. The van der Waals surface area contributed by atoms with E-state index in [9.17, 15) is 0 Å². The zero-order valence-corrected chi connectivity index (χ0v) is 21.8. The Morgan fingerprint density at radius 2 is 1.72 bits per heavy atom. The first-order valence-electron chi connectivity index (χ1n) is 12.6. The molecule has 1 aliphatic rings. The number of hydrogen-bond acceptors (Lipinski definition) is 5. The van der Waals surface area contributed by atoms with Crippen molar-refractivity contribution in [1.82, 2.24) is 15.0 Å². The van der Waals surface area contributed by atoms with Crippen LogP contribution < -0.4 is 10.6 Å². The molecule has 0 amide bonds. The number of aromatic amines is 1. The summed E-state index contributed by atoms with van der Waals surface area (Å²) < 4.78 is 0. The van der Waals surface area contributed by atoms with Crippen LogP contribution in [0.2, 0.25) is 0 Å². The second kappa shape index (κ2) is 9.61. The molecule has 0 radical (unpaired) electrons.